The predicted molar refractivity (Wildman–Crippen MR) is 113 cm³/mol. The van der Waals surface area contributed by atoms with Gasteiger partial charge in [-0.05, 0) is 44.8 Å². The minimum absolute atomic E-state index is 0.183. The lowest BCUT2D eigenvalue weighted by molar-refractivity contribution is 0.0953. The van der Waals surface area contributed by atoms with Crippen LogP contribution in [0.4, 0.5) is 0 Å². The summed E-state index contributed by atoms with van der Waals surface area (Å²) in [4.78, 5) is 18.5. The molecule has 1 saturated heterocycles. The molecule has 3 rings (SSSR count). The second kappa shape index (κ2) is 11.3. The second-order valence-corrected chi connectivity index (χ2v) is 8.21. The number of amides is 1. The van der Waals surface area contributed by atoms with E-state index in [0.29, 0.717) is 22.8 Å². The van der Waals surface area contributed by atoms with Gasteiger partial charge in [-0.3, -0.25) is 9.69 Å². The average molecular weight is 410 g/mol. The summed E-state index contributed by atoms with van der Waals surface area (Å²) in [6, 6.07) is 5.28. The average Bonchev–Trinajstić information content (AvgIpc) is 3.11. The third-order valence-electron chi connectivity index (χ3n) is 4.20. The Morgan fingerprint density at radius 2 is 2.19 bits per heavy atom. The fourth-order valence-electron chi connectivity index (χ4n) is 2.56. The Hall–Kier alpha value is -1.57. The van der Waals surface area contributed by atoms with E-state index in [1.807, 2.05) is 11.8 Å². The maximum absolute atomic E-state index is 12.3. The molecule has 0 spiro atoms. The molecule has 1 N–H and O–H groups in total. The van der Waals surface area contributed by atoms with Gasteiger partial charge < -0.3 is 5.32 Å². The molecule has 148 valence electrons. The topological polar surface area (TPSA) is 63.1 Å². The van der Waals surface area contributed by atoms with Crippen LogP contribution in [0.25, 0.3) is 5.69 Å². The third-order valence-corrected chi connectivity index (χ3v) is 6.03. The maximum Gasteiger partial charge on any atom is 0.255 e. The second-order valence-electron chi connectivity index (χ2n) is 6.51. The number of carbonyl (C=O) groups excluding carboxylic acids is 1. The first-order valence-electron chi connectivity index (χ1n) is 9.24. The number of nitrogens with zero attached hydrogens (tertiary/aromatic N) is 4. The van der Waals surface area contributed by atoms with Crippen molar-refractivity contribution in [3.63, 3.8) is 0 Å². The van der Waals surface area contributed by atoms with Gasteiger partial charge in [-0.15, -0.1) is 11.8 Å². The standard InChI is InChI=1S/C14H17ClN4O.C5H11NS/c1-2-3-4-8-17-14(20)13-11(15)6-5-7-12(13)19-10-16-9-18-19;1-6(2)5-3-4-7-5/h5-7,9-10H,2-4,8H2,1H3,(H,17,20);5H,3-4H2,1-2H3. The molecule has 27 heavy (non-hydrogen) atoms. The van der Waals surface area contributed by atoms with Gasteiger partial charge in [-0.25, -0.2) is 9.67 Å². The van der Waals surface area contributed by atoms with Crippen molar-refractivity contribution in [3.8, 4) is 5.69 Å². The lowest BCUT2D eigenvalue weighted by Gasteiger charge is -2.30. The van der Waals surface area contributed by atoms with E-state index in [1.165, 1.54) is 23.2 Å². The van der Waals surface area contributed by atoms with Gasteiger partial charge in [-0.2, -0.15) is 5.10 Å². The summed E-state index contributed by atoms with van der Waals surface area (Å²) >= 11 is 8.20. The summed E-state index contributed by atoms with van der Waals surface area (Å²) in [7, 11) is 4.27. The van der Waals surface area contributed by atoms with Gasteiger partial charge in [0.25, 0.3) is 5.91 Å². The molecular weight excluding hydrogens is 382 g/mol. The van der Waals surface area contributed by atoms with Crippen LogP contribution in [0.3, 0.4) is 0 Å². The Morgan fingerprint density at radius 3 is 2.70 bits per heavy atom. The summed E-state index contributed by atoms with van der Waals surface area (Å²) in [5.74, 6) is 1.18. The van der Waals surface area contributed by atoms with Crippen molar-refractivity contribution in [1.29, 1.82) is 0 Å². The molecule has 1 aliphatic rings. The van der Waals surface area contributed by atoms with E-state index in [1.54, 1.807) is 24.5 Å². The molecule has 1 aromatic heterocycles. The van der Waals surface area contributed by atoms with Gasteiger partial charge in [-0.1, -0.05) is 37.4 Å². The zero-order valence-electron chi connectivity index (χ0n) is 16.2. The zero-order valence-corrected chi connectivity index (χ0v) is 17.8. The number of rotatable bonds is 7. The molecule has 0 aliphatic carbocycles. The quantitative estimate of drug-likeness (QED) is 0.703. The fourth-order valence-corrected chi connectivity index (χ4v) is 3.56. The summed E-state index contributed by atoms with van der Waals surface area (Å²) in [6.45, 7) is 2.77. The van der Waals surface area contributed by atoms with E-state index in [9.17, 15) is 4.79 Å². The van der Waals surface area contributed by atoms with E-state index in [0.717, 1.165) is 24.6 Å². The van der Waals surface area contributed by atoms with Crippen LogP contribution in [0.1, 0.15) is 43.0 Å². The zero-order chi connectivity index (χ0) is 19.6. The molecular formula is C19H28ClN5OS. The predicted octanol–water partition coefficient (Wildman–Crippen LogP) is 3.85. The van der Waals surface area contributed by atoms with Crippen LogP contribution in [-0.4, -0.2) is 57.3 Å². The minimum atomic E-state index is -0.183. The van der Waals surface area contributed by atoms with Gasteiger partial charge in [0, 0.05) is 6.54 Å². The molecule has 1 aromatic carbocycles. The van der Waals surface area contributed by atoms with Crippen molar-refractivity contribution >= 4 is 29.3 Å². The highest BCUT2D eigenvalue weighted by Gasteiger charge is 2.19. The number of carbonyl (C=O) groups is 1. The molecule has 0 bridgehead atoms. The highest BCUT2D eigenvalue weighted by Crippen LogP contribution is 2.28. The molecule has 1 atom stereocenters. The number of nitrogens with one attached hydrogen (secondary N) is 1. The molecule has 2 heterocycles. The van der Waals surface area contributed by atoms with Crippen molar-refractivity contribution in [2.45, 2.75) is 38.0 Å². The molecule has 0 radical (unpaired) electrons. The van der Waals surface area contributed by atoms with E-state index < -0.39 is 0 Å². The summed E-state index contributed by atoms with van der Waals surface area (Å²) < 4.78 is 1.53. The largest absolute Gasteiger partial charge is 0.352 e. The SMILES string of the molecule is CCCCCNC(=O)c1c(Cl)cccc1-n1cncn1.CN(C)C1CCS1. The molecule has 1 amide bonds. The summed E-state index contributed by atoms with van der Waals surface area (Å²) in [5, 5.41) is 8.18. The van der Waals surface area contributed by atoms with Gasteiger partial charge in [0.15, 0.2) is 0 Å². The van der Waals surface area contributed by atoms with E-state index in [2.05, 4.69) is 41.3 Å². The van der Waals surface area contributed by atoms with Crippen LogP contribution < -0.4 is 5.32 Å². The van der Waals surface area contributed by atoms with Crippen LogP contribution in [-0.2, 0) is 0 Å². The summed E-state index contributed by atoms with van der Waals surface area (Å²) in [6.07, 6.45) is 7.53. The molecule has 1 unspecified atom stereocenters. The lowest BCUT2D eigenvalue weighted by atomic mass is 10.1. The minimum Gasteiger partial charge on any atom is -0.352 e. The van der Waals surface area contributed by atoms with E-state index >= 15 is 0 Å². The first-order valence-corrected chi connectivity index (χ1v) is 10.7. The molecule has 1 aliphatic heterocycles. The summed E-state index contributed by atoms with van der Waals surface area (Å²) in [5.41, 5.74) is 1.05. The lowest BCUT2D eigenvalue weighted by Crippen LogP contribution is -2.31. The van der Waals surface area contributed by atoms with Crippen molar-refractivity contribution in [2.75, 3.05) is 26.4 Å². The van der Waals surface area contributed by atoms with Gasteiger partial charge in [0.1, 0.15) is 12.7 Å². The molecule has 2 aromatic rings. The smallest absolute Gasteiger partial charge is 0.255 e. The monoisotopic (exact) mass is 409 g/mol. The van der Waals surface area contributed by atoms with E-state index in [-0.39, 0.29) is 5.91 Å². The highest BCUT2D eigenvalue weighted by molar-refractivity contribution is 8.01. The molecule has 0 saturated carbocycles. The number of thioether (sulfide) groups is 1. The number of hydrogen-bond acceptors (Lipinski definition) is 5. The van der Waals surface area contributed by atoms with Crippen LogP contribution in [0.2, 0.25) is 5.02 Å². The Bertz CT molecular complexity index is 704. The van der Waals surface area contributed by atoms with Crippen LogP contribution in [0, 0.1) is 0 Å². The van der Waals surface area contributed by atoms with Gasteiger partial charge in [0.2, 0.25) is 0 Å². The van der Waals surface area contributed by atoms with Crippen LogP contribution >= 0.6 is 23.4 Å². The van der Waals surface area contributed by atoms with E-state index in [4.69, 9.17) is 11.6 Å². The Labute approximate surface area is 170 Å². The van der Waals surface area contributed by atoms with Crippen molar-refractivity contribution in [3.05, 3.63) is 41.4 Å². The maximum atomic E-state index is 12.3. The Morgan fingerprint density at radius 1 is 1.41 bits per heavy atom. The van der Waals surface area contributed by atoms with Gasteiger partial charge >= 0.3 is 0 Å². The van der Waals surface area contributed by atoms with Crippen LogP contribution in [0.5, 0.6) is 0 Å². The number of unbranched alkanes of at least 4 members (excludes halogenated alkanes) is 2. The number of benzene rings is 1. The normalized spacial score (nSPS) is 15.7. The van der Waals surface area contributed by atoms with Crippen LogP contribution in [0.15, 0.2) is 30.9 Å². The Balaban J connectivity index is 0.000000313. The van der Waals surface area contributed by atoms with Crippen molar-refractivity contribution in [1.82, 2.24) is 25.0 Å². The van der Waals surface area contributed by atoms with Crippen molar-refractivity contribution < 1.29 is 4.79 Å². The third kappa shape index (κ3) is 6.52. The number of aromatic nitrogens is 3. The highest BCUT2D eigenvalue weighted by atomic mass is 35.5. The molecule has 8 heteroatoms. The number of halogens is 1. The number of hydrogen-bond donors (Lipinski definition) is 1. The first-order chi connectivity index (χ1) is 13.0. The fraction of sp³-hybridized carbons (Fsp3) is 0.526. The molecule has 6 nitrogen and oxygen atoms in total. The van der Waals surface area contributed by atoms with Gasteiger partial charge in [0.05, 0.1) is 21.6 Å². The Kier molecular flexibility index (Phi) is 9.10. The van der Waals surface area contributed by atoms with Crippen molar-refractivity contribution in [2.24, 2.45) is 0 Å². The molecule has 1 fully saturated rings. The first kappa shape index (κ1) is 21.7.